The van der Waals surface area contributed by atoms with Crippen LogP contribution in [0, 0.1) is 0 Å². The van der Waals surface area contributed by atoms with Crippen molar-refractivity contribution in [1.82, 2.24) is 14.8 Å². The zero-order chi connectivity index (χ0) is 15.5. The molecule has 2 N–H and O–H groups in total. The van der Waals surface area contributed by atoms with Crippen molar-refractivity contribution in [2.45, 2.75) is 31.3 Å². The summed E-state index contributed by atoms with van der Waals surface area (Å²) in [7, 11) is 1.85. The van der Waals surface area contributed by atoms with Gasteiger partial charge in [0.2, 0.25) is 5.95 Å². The number of benzene rings is 1. The fraction of sp³-hybridized carbons (Fsp3) is 0.467. The quantitative estimate of drug-likeness (QED) is 0.679. The highest BCUT2D eigenvalue weighted by atomic mass is 32.2. The van der Waals surface area contributed by atoms with Gasteiger partial charge in [-0.05, 0) is 23.1 Å². The first-order chi connectivity index (χ1) is 9.88. The second-order valence-corrected chi connectivity index (χ2v) is 6.93. The summed E-state index contributed by atoms with van der Waals surface area (Å²) in [6.07, 6.45) is 0. The zero-order valence-electron chi connectivity index (χ0n) is 13.0. The molecule has 0 aliphatic rings. The smallest absolute Gasteiger partial charge is 0.222 e. The van der Waals surface area contributed by atoms with Crippen molar-refractivity contribution in [1.29, 1.82) is 0 Å². The largest absolute Gasteiger partial charge is 0.493 e. The van der Waals surface area contributed by atoms with E-state index in [1.165, 1.54) is 5.56 Å². The minimum absolute atomic E-state index is 0.166. The maximum Gasteiger partial charge on any atom is 0.222 e. The number of rotatable bonds is 5. The van der Waals surface area contributed by atoms with Crippen molar-refractivity contribution in [3.05, 3.63) is 29.8 Å². The van der Waals surface area contributed by atoms with Crippen molar-refractivity contribution < 1.29 is 4.74 Å². The predicted octanol–water partition coefficient (Wildman–Crippen LogP) is 2.87. The van der Waals surface area contributed by atoms with Crippen LogP contribution in [0.3, 0.4) is 0 Å². The lowest BCUT2D eigenvalue weighted by Crippen LogP contribution is -2.10. The van der Waals surface area contributed by atoms with Crippen molar-refractivity contribution in [2.75, 3.05) is 18.1 Å². The topological polar surface area (TPSA) is 66.0 Å². The third-order valence-electron chi connectivity index (χ3n) is 3.17. The molecular formula is C15H22N4OS. The monoisotopic (exact) mass is 306 g/mol. The van der Waals surface area contributed by atoms with E-state index in [1.54, 1.807) is 16.3 Å². The van der Waals surface area contributed by atoms with E-state index in [-0.39, 0.29) is 5.41 Å². The van der Waals surface area contributed by atoms with Gasteiger partial charge in [-0.3, -0.25) is 4.57 Å². The summed E-state index contributed by atoms with van der Waals surface area (Å²) in [5, 5.41) is 8.61. The SMILES string of the molecule is Cn1c(N)nnc1SCCOc1ccc(C(C)(C)C)cc1. The van der Waals surface area contributed by atoms with Crippen LogP contribution in [-0.4, -0.2) is 27.1 Å². The van der Waals surface area contributed by atoms with Gasteiger partial charge >= 0.3 is 0 Å². The van der Waals surface area contributed by atoms with Crippen LogP contribution in [0.4, 0.5) is 5.95 Å². The number of hydrogen-bond donors (Lipinski definition) is 1. The molecule has 2 rings (SSSR count). The normalized spacial score (nSPS) is 11.6. The van der Waals surface area contributed by atoms with Gasteiger partial charge in [-0.2, -0.15) is 0 Å². The van der Waals surface area contributed by atoms with Crippen molar-refractivity contribution in [3.63, 3.8) is 0 Å². The highest BCUT2D eigenvalue weighted by Gasteiger charge is 2.13. The summed E-state index contributed by atoms with van der Waals surface area (Å²) >= 11 is 1.58. The summed E-state index contributed by atoms with van der Waals surface area (Å²) in [5.41, 5.74) is 7.10. The second-order valence-electron chi connectivity index (χ2n) is 5.87. The Labute approximate surface area is 129 Å². The molecule has 0 radical (unpaired) electrons. The summed E-state index contributed by atoms with van der Waals surface area (Å²) in [6, 6.07) is 8.27. The Morgan fingerprint density at radius 1 is 1.19 bits per heavy atom. The minimum Gasteiger partial charge on any atom is -0.493 e. The van der Waals surface area contributed by atoms with Crippen molar-refractivity contribution in [3.8, 4) is 5.75 Å². The van der Waals surface area contributed by atoms with Gasteiger partial charge in [0, 0.05) is 12.8 Å². The average Bonchev–Trinajstić information content (AvgIpc) is 2.75. The summed E-state index contributed by atoms with van der Waals surface area (Å²) in [6.45, 7) is 7.22. The van der Waals surface area contributed by atoms with Gasteiger partial charge in [-0.15, -0.1) is 10.2 Å². The van der Waals surface area contributed by atoms with Gasteiger partial charge in [0.1, 0.15) is 5.75 Å². The van der Waals surface area contributed by atoms with Crippen LogP contribution in [-0.2, 0) is 12.5 Å². The standard InChI is InChI=1S/C15H22N4OS/c1-15(2,3)11-5-7-12(8-6-11)20-9-10-21-14-18-17-13(16)19(14)4/h5-8H,9-10H2,1-4H3,(H2,16,17). The molecular weight excluding hydrogens is 284 g/mol. The average molecular weight is 306 g/mol. The number of thioether (sulfide) groups is 1. The fourth-order valence-electron chi connectivity index (χ4n) is 1.80. The van der Waals surface area contributed by atoms with Gasteiger partial charge in [0.25, 0.3) is 0 Å². The molecule has 21 heavy (non-hydrogen) atoms. The molecule has 6 heteroatoms. The van der Waals surface area contributed by atoms with E-state index in [0.29, 0.717) is 12.6 Å². The Balaban J connectivity index is 1.80. The second kappa shape index (κ2) is 6.39. The van der Waals surface area contributed by atoms with Gasteiger partial charge in [0.05, 0.1) is 6.61 Å². The van der Waals surface area contributed by atoms with E-state index in [2.05, 4.69) is 43.1 Å². The first kappa shape index (κ1) is 15.7. The van der Waals surface area contributed by atoms with Crippen LogP contribution in [0.25, 0.3) is 0 Å². The maximum atomic E-state index is 5.73. The Morgan fingerprint density at radius 2 is 1.86 bits per heavy atom. The lowest BCUT2D eigenvalue weighted by molar-refractivity contribution is 0.343. The van der Waals surface area contributed by atoms with Crippen LogP contribution in [0.5, 0.6) is 5.75 Å². The van der Waals surface area contributed by atoms with E-state index in [9.17, 15) is 0 Å². The Kier molecular flexibility index (Phi) is 4.77. The first-order valence-corrected chi connectivity index (χ1v) is 7.87. The number of hydrogen-bond acceptors (Lipinski definition) is 5. The van der Waals surface area contributed by atoms with E-state index in [1.807, 2.05) is 19.2 Å². The molecule has 1 aromatic carbocycles. The van der Waals surface area contributed by atoms with Crippen LogP contribution in [0.15, 0.2) is 29.4 Å². The maximum absolute atomic E-state index is 5.73. The number of nitrogen functional groups attached to an aromatic ring is 1. The number of anilines is 1. The fourth-order valence-corrected chi connectivity index (χ4v) is 2.53. The van der Waals surface area contributed by atoms with Gasteiger partial charge < -0.3 is 10.5 Å². The molecule has 0 aliphatic carbocycles. The summed E-state index contributed by atoms with van der Waals surface area (Å²) < 4.78 is 7.50. The van der Waals surface area contributed by atoms with Crippen LogP contribution in [0.1, 0.15) is 26.3 Å². The Morgan fingerprint density at radius 3 is 2.38 bits per heavy atom. The molecule has 0 amide bonds. The highest BCUT2D eigenvalue weighted by molar-refractivity contribution is 7.99. The number of nitrogens with zero attached hydrogens (tertiary/aromatic N) is 3. The molecule has 0 unspecified atom stereocenters. The number of aromatic nitrogens is 3. The predicted molar refractivity (Wildman–Crippen MR) is 86.8 cm³/mol. The third kappa shape index (κ3) is 4.14. The van der Waals surface area contributed by atoms with Gasteiger partial charge in [-0.1, -0.05) is 44.7 Å². The van der Waals surface area contributed by atoms with Crippen LogP contribution >= 0.6 is 11.8 Å². The molecule has 0 spiro atoms. The molecule has 1 aromatic heterocycles. The molecule has 0 bridgehead atoms. The van der Waals surface area contributed by atoms with E-state index in [0.717, 1.165) is 16.7 Å². The van der Waals surface area contributed by atoms with Crippen molar-refractivity contribution >= 4 is 17.7 Å². The lowest BCUT2D eigenvalue weighted by Gasteiger charge is -2.19. The van der Waals surface area contributed by atoms with Crippen LogP contribution in [0.2, 0.25) is 0 Å². The Bertz CT molecular complexity index is 587. The lowest BCUT2D eigenvalue weighted by atomic mass is 9.87. The molecule has 5 nitrogen and oxygen atoms in total. The number of ether oxygens (including phenoxy) is 1. The molecule has 1 heterocycles. The molecule has 0 aliphatic heterocycles. The first-order valence-electron chi connectivity index (χ1n) is 6.89. The Hall–Kier alpha value is -1.69. The minimum atomic E-state index is 0.166. The highest BCUT2D eigenvalue weighted by Crippen LogP contribution is 2.24. The molecule has 114 valence electrons. The third-order valence-corrected chi connectivity index (χ3v) is 4.16. The van der Waals surface area contributed by atoms with E-state index < -0.39 is 0 Å². The van der Waals surface area contributed by atoms with E-state index >= 15 is 0 Å². The van der Waals surface area contributed by atoms with Gasteiger partial charge in [0.15, 0.2) is 5.16 Å². The van der Waals surface area contributed by atoms with Gasteiger partial charge in [-0.25, -0.2) is 0 Å². The molecule has 0 fully saturated rings. The van der Waals surface area contributed by atoms with E-state index in [4.69, 9.17) is 10.5 Å². The summed E-state index contributed by atoms with van der Waals surface area (Å²) in [5.74, 6) is 2.12. The van der Waals surface area contributed by atoms with Crippen molar-refractivity contribution in [2.24, 2.45) is 7.05 Å². The molecule has 0 saturated heterocycles. The zero-order valence-corrected chi connectivity index (χ0v) is 13.8. The summed E-state index contributed by atoms with van der Waals surface area (Å²) in [4.78, 5) is 0. The van der Waals surface area contributed by atoms with Crippen LogP contribution < -0.4 is 10.5 Å². The molecule has 0 atom stereocenters. The number of nitrogens with two attached hydrogens (primary N) is 1. The molecule has 0 saturated carbocycles. The molecule has 2 aromatic rings.